The van der Waals surface area contributed by atoms with E-state index in [9.17, 15) is 13.2 Å². The van der Waals surface area contributed by atoms with Gasteiger partial charge in [0.1, 0.15) is 6.61 Å². The van der Waals surface area contributed by atoms with Crippen LogP contribution in [0.25, 0.3) is 0 Å². The molecule has 0 saturated heterocycles. The Bertz CT molecular complexity index is 208. The van der Waals surface area contributed by atoms with Crippen molar-refractivity contribution in [2.75, 3.05) is 26.3 Å². The third kappa shape index (κ3) is 6.88. The maximum Gasteiger partial charge on any atom is 0.411 e. The predicted octanol–water partition coefficient (Wildman–Crippen LogP) is 2.98. The zero-order valence-electron chi connectivity index (χ0n) is 10.4. The quantitative estimate of drug-likeness (QED) is 0.704. The SMILES string of the molecule is CC1CCCC1CNCCCOCC(F)(F)F. The predicted molar refractivity (Wildman–Crippen MR) is 60.9 cm³/mol. The van der Waals surface area contributed by atoms with Gasteiger partial charge in [-0.3, -0.25) is 0 Å². The van der Waals surface area contributed by atoms with E-state index in [1.54, 1.807) is 0 Å². The number of alkyl halides is 3. The van der Waals surface area contributed by atoms with Crippen LogP contribution in [0.2, 0.25) is 0 Å². The fourth-order valence-electron chi connectivity index (χ4n) is 2.30. The van der Waals surface area contributed by atoms with E-state index in [1.807, 2.05) is 0 Å². The Morgan fingerprint density at radius 1 is 1.29 bits per heavy atom. The van der Waals surface area contributed by atoms with Gasteiger partial charge in [0.2, 0.25) is 0 Å². The first-order valence-electron chi connectivity index (χ1n) is 6.34. The van der Waals surface area contributed by atoms with E-state index in [2.05, 4.69) is 17.0 Å². The second-order valence-corrected chi connectivity index (χ2v) is 4.89. The van der Waals surface area contributed by atoms with Gasteiger partial charge in [0.25, 0.3) is 0 Å². The van der Waals surface area contributed by atoms with Crippen LogP contribution in [0, 0.1) is 11.8 Å². The Hall–Kier alpha value is -0.290. The average Bonchev–Trinajstić information content (AvgIpc) is 2.61. The maximum atomic E-state index is 11.7. The lowest BCUT2D eigenvalue weighted by Crippen LogP contribution is -2.26. The lowest BCUT2D eigenvalue weighted by Gasteiger charge is -2.15. The molecule has 1 aliphatic carbocycles. The van der Waals surface area contributed by atoms with Crippen molar-refractivity contribution in [1.29, 1.82) is 0 Å². The summed E-state index contributed by atoms with van der Waals surface area (Å²) < 4.78 is 39.7. The van der Waals surface area contributed by atoms with E-state index >= 15 is 0 Å². The average molecular weight is 253 g/mol. The molecule has 0 aromatic heterocycles. The van der Waals surface area contributed by atoms with Gasteiger partial charge < -0.3 is 10.1 Å². The van der Waals surface area contributed by atoms with Crippen molar-refractivity contribution in [1.82, 2.24) is 5.32 Å². The highest BCUT2D eigenvalue weighted by Gasteiger charge is 2.27. The molecule has 0 spiro atoms. The number of rotatable bonds is 7. The summed E-state index contributed by atoms with van der Waals surface area (Å²) in [6.45, 7) is 3.03. The monoisotopic (exact) mass is 253 g/mol. The highest BCUT2D eigenvalue weighted by atomic mass is 19.4. The smallest absolute Gasteiger partial charge is 0.372 e. The van der Waals surface area contributed by atoms with Crippen LogP contribution in [0.15, 0.2) is 0 Å². The molecule has 2 unspecified atom stereocenters. The van der Waals surface area contributed by atoms with Gasteiger partial charge in [-0.1, -0.05) is 19.8 Å². The molecule has 1 rings (SSSR count). The molecule has 0 aromatic carbocycles. The summed E-state index contributed by atoms with van der Waals surface area (Å²) in [5, 5.41) is 3.29. The first-order valence-corrected chi connectivity index (χ1v) is 6.34. The minimum Gasteiger partial charge on any atom is -0.372 e. The molecule has 1 aliphatic rings. The summed E-state index contributed by atoms with van der Waals surface area (Å²) in [5.41, 5.74) is 0. The Balaban J connectivity index is 1.88. The third-order valence-corrected chi connectivity index (χ3v) is 3.35. The molecule has 0 aliphatic heterocycles. The zero-order chi connectivity index (χ0) is 12.7. The van der Waals surface area contributed by atoms with Gasteiger partial charge in [0, 0.05) is 6.61 Å². The van der Waals surface area contributed by atoms with Crippen molar-refractivity contribution in [3.8, 4) is 0 Å². The second kappa shape index (κ2) is 7.21. The second-order valence-electron chi connectivity index (χ2n) is 4.89. The van der Waals surface area contributed by atoms with E-state index in [0.29, 0.717) is 6.42 Å². The van der Waals surface area contributed by atoms with Crippen molar-refractivity contribution in [2.24, 2.45) is 11.8 Å². The van der Waals surface area contributed by atoms with E-state index in [1.165, 1.54) is 19.3 Å². The molecule has 0 heterocycles. The summed E-state index contributed by atoms with van der Waals surface area (Å²) in [6.07, 6.45) is 0.325. The Morgan fingerprint density at radius 3 is 2.65 bits per heavy atom. The van der Waals surface area contributed by atoms with Crippen molar-refractivity contribution < 1.29 is 17.9 Å². The molecule has 102 valence electrons. The molecule has 5 heteroatoms. The van der Waals surface area contributed by atoms with Gasteiger partial charge in [-0.2, -0.15) is 13.2 Å². The number of nitrogens with one attached hydrogen (secondary N) is 1. The van der Waals surface area contributed by atoms with Crippen molar-refractivity contribution >= 4 is 0 Å². The van der Waals surface area contributed by atoms with E-state index in [-0.39, 0.29) is 6.61 Å². The van der Waals surface area contributed by atoms with E-state index < -0.39 is 12.8 Å². The Kier molecular flexibility index (Phi) is 6.27. The lowest BCUT2D eigenvalue weighted by molar-refractivity contribution is -0.173. The molecule has 0 aromatic rings. The third-order valence-electron chi connectivity index (χ3n) is 3.35. The number of halogens is 3. The van der Waals surface area contributed by atoms with Gasteiger partial charge in [-0.15, -0.1) is 0 Å². The van der Waals surface area contributed by atoms with Crippen molar-refractivity contribution in [2.45, 2.75) is 38.8 Å². The lowest BCUT2D eigenvalue weighted by atomic mass is 9.98. The summed E-state index contributed by atoms with van der Waals surface area (Å²) in [5.74, 6) is 1.52. The van der Waals surface area contributed by atoms with Gasteiger partial charge >= 0.3 is 6.18 Å². The first-order chi connectivity index (χ1) is 7.99. The van der Waals surface area contributed by atoms with Crippen LogP contribution in [0.5, 0.6) is 0 Å². The molecule has 1 N–H and O–H groups in total. The standard InChI is InChI=1S/C12H22F3NO/c1-10-4-2-5-11(10)8-16-6-3-7-17-9-12(13,14)15/h10-11,16H,2-9H2,1H3. The minimum atomic E-state index is -4.20. The van der Waals surface area contributed by atoms with Crippen LogP contribution in [-0.4, -0.2) is 32.5 Å². The van der Waals surface area contributed by atoms with E-state index in [0.717, 1.165) is 24.9 Å². The van der Waals surface area contributed by atoms with Crippen LogP contribution in [-0.2, 0) is 4.74 Å². The summed E-state index contributed by atoms with van der Waals surface area (Å²) in [4.78, 5) is 0. The first kappa shape index (κ1) is 14.8. The Labute approximate surface area is 101 Å². The highest BCUT2D eigenvalue weighted by Crippen LogP contribution is 2.30. The van der Waals surface area contributed by atoms with Crippen molar-refractivity contribution in [3.05, 3.63) is 0 Å². The molecular weight excluding hydrogens is 231 g/mol. The van der Waals surface area contributed by atoms with Gasteiger partial charge in [-0.05, 0) is 37.8 Å². The molecule has 1 fully saturated rings. The van der Waals surface area contributed by atoms with Crippen LogP contribution in [0.4, 0.5) is 13.2 Å². The molecule has 0 radical (unpaired) electrons. The number of ether oxygens (including phenoxy) is 1. The van der Waals surface area contributed by atoms with Crippen LogP contribution >= 0.6 is 0 Å². The largest absolute Gasteiger partial charge is 0.411 e. The molecule has 0 bridgehead atoms. The number of hydrogen-bond acceptors (Lipinski definition) is 2. The summed E-state index contributed by atoms with van der Waals surface area (Å²) in [7, 11) is 0. The minimum absolute atomic E-state index is 0.173. The molecule has 17 heavy (non-hydrogen) atoms. The van der Waals surface area contributed by atoms with Gasteiger partial charge in [0.15, 0.2) is 0 Å². The fourth-order valence-corrected chi connectivity index (χ4v) is 2.30. The zero-order valence-corrected chi connectivity index (χ0v) is 10.4. The molecule has 2 nitrogen and oxygen atoms in total. The summed E-state index contributed by atoms with van der Waals surface area (Å²) in [6, 6.07) is 0. The van der Waals surface area contributed by atoms with Gasteiger partial charge in [-0.25, -0.2) is 0 Å². The normalized spacial score (nSPS) is 25.4. The topological polar surface area (TPSA) is 21.3 Å². The maximum absolute atomic E-state index is 11.7. The van der Waals surface area contributed by atoms with Crippen LogP contribution in [0.3, 0.4) is 0 Å². The molecule has 1 saturated carbocycles. The van der Waals surface area contributed by atoms with Crippen LogP contribution < -0.4 is 5.32 Å². The Morgan fingerprint density at radius 2 is 2.06 bits per heavy atom. The fraction of sp³-hybridized carbons (Fsp3) is 1.00. The number of hydrogen-bond donors (Lipinski definition) is 1. The molecule has 2 atom stereocenters. The van der Waals surface area contributed by atoms with E-state index in [4.69, 9.17) is 0 Å². The van der Waals surface area contributed by atoms with Crippen molar-refractivity contribution in [3.63, 3.8) is 0 Å². The van der Waals surface area contributed by atoms with Crippen LogP contribution in [0.1, 0.15) is 32.6 Å². The highest BCUT2D eigenvalue weighted by molar-refractivity contribution is 4.75. The molecule has 0 amide bonds. The summed E-state index contributed by atoms with van der Waals surface area (Å²) >= 11 is 0. The molecular formula is C12H22F3NO. The van der Waals surface area contributed by atoms with Gasteiger partial charge in [0.05, 0.1) is 0 Å².